The lowest BCUT2D eigenvalue weighted by molar-refractivity contribution is -0.147. The molecule has 1 aliphatic heterocycles. The molecule has 7 rings (SSSR count). The number of hydrogen-bond acceptors (Lipinski definition) is 8. The Bertz CT molecular complexity index is 2280. The van der Waals surface area contributed by atoms with Gasteiger partial charge in [0.25, 0.3) is 11.8 Å². The first-order valence-electron chi connectivity index (χ1n) is 20.5. The van der Waals surface area contributed by atoms with Crippen LogP contribution < -0.4 is 9.80 Å². The maximum atomic E-state index is 13.2. The molecule has 0 aromatic heterocycles. The molecule has 62 heavy (non-hydrogen) atoms. The van der Waals surface area contributed by atoms with Crippen molar-refractivity contribution < 1.29 is 29.4 Å². The lowest BCUT2D eigenvalue weighted by Gasteiger charge is -2.33. The minimum absolute atomic E-state index is 0.0119. The summed E-state index contributed by atoms with van der Waals surface area (Å²) in [4.78, 5) is 59.7. The summed E-state index contributed by atoms with van der Waals surface area (Å²) in [6.07, 6.45) is 1.85. The van der Waals surface area contributed by atoms with Crippen molar-refractivity contribution in [3.63, 3.8) is 0 Å². The SMILES string of the molecule is O=C(C=C(O)c1cccc(N(Cc2ccccc2)Cc2ccccc2)c1)C(=O)N1CCN(C(=O)C(=O)C=C(O)c2cccc(N(Cc3ccccc3)Cc3ccccc3)c2)CC1. The van der Waals surface area contributed by atoms with Gasteiger partial charge in [-0.1, -0.05) is 146 Å². The Labute approximate surface area is 361 Å². The average Bonchev–Trinajstić information content (AvgIpc) is 3.32. The van der Waals surface area contributed by atoms with Gasteiger partial charge in [0, 0.05) is 87.0 Å². The van der Waals surface area contributed by atoms with E-state index in [0.717, 1.165) is 45.8 Å². The van der Waals surface area contributed by atoms with Gasteiger partial charge >= 0.3 is 0 Å². The predicted octanol–water partition coefficient (Wildman–Crippen LogP) is 8.41. The number of amides is 2. The number of piperazine rings is 1. The van der Waals surface area contributed by atoms with E-state index in [1.807, 2.05) is 84.9 Å². The number of anilines is 2. The molecule has 0 atom stereocenters. The molecule has 1 fully saturated rings. The van der Waals surface area contributed by atoms with Crippen molar-refractivity contribution >= 4 is 46.3 Å². The zero-order valence-electron chi connectivity index (χ0n) is 34.3. The molecule has 2 N–H and O–H groups in total. The summed E-state index contributed by atoms with van der Waals surface area (Å²) in [6.45, 7) is 2.48. The van der Waals surface area contributed by atoms with E-state index in [-0.39, 0.29) is 37.7 Å². The molecule has 0 aliphatic carbocycles. The number of rotatable bonds is 16. The van der Waals surface area contributed by atoms with Crippen LogP contribution in [-0.2, 0) is 45.4 Å². The zero-order chi connectivity index (χ0) is 43.3. The van der Waals surface area contributed by atoms with Crippen LogP contribution in [0, 0.1) is 0 Å². The van der Waals surface area contributed by atoms with E-state index in [9.17, 15) is 29.4 Å². The second kappa shape index (κ2) is 20.5. The van der Waals surface area contributed by atoms with Crippen molar-refractivity contribution in [2.45, 2.75) is 26.2 Å². The molecular formula is C52H48N4O6. The van der Waals surface area contributed by atoms with E-state index in [1.165, 1.54) is 9.80 Å². The van der Waals surface area contributed by atoms with Gasteiger partial charge in [0.1, 0.15) is 11.5 Å². The van der Waals surface area contributed by atoms with E-state index < -0.39 is 23.4 Å². The Morgan fingerprint density at radius 3 is 1.00 bits per heavy atom. The fourth-order valence-electron chi connectivity index (χ4n) is 7.38. The Hall–Kier alpha value is -7.72. The maximum Gasteiger partial charge on any atom is 0.294 e. The predicted molar refractivity (Wildman–Crippen MR) is 243 cm³/mol. The van der Waals surface area contributed by atoms with Gasteiger partial charge in [-0.3, -0.25) is 19.2 Å². The maximum absolute atomic E-state index is 13.2. The molecule has 2 amide bonds. The minimum Gasteiger partial charge on any atom is -0.507 e. The third-order valence-corrected chi connectivity index (χ3v) is 10.7. The molecule has 312 valence electrons. The molecule has 1 heterocycles. The molecular weight excluding hydrogens is 777 g/mol. The third-order valence-electron chi connectivity index (χ3n) is 10.7. The summed E-state index contributed by atoms with van der Waals surface area (Å²) in [5.74, 6) is -4.16. The van der Waals surface area contributed by atoms with Gasteiger partial charge in [-0.2, -0.15) is 0 Å². The van der Waals surface area contributed by atoms with Crippen LogP contribution in [-0.4, -0.2) is 69.6 Å². The fraction of sp³-hybridized carbons (Fsp3) is 0.154. The first-order valence-corrected chi connectivity index (χ1v) is 20.5. The van der Waals surface area contributed by atoms with Crippen molar-refractivity contribution in [3.8, 4) is 0 Å². The van der Waals surface area contributed by atoms with Gasteiger partial charge in [-0.15, -0.1) is 0 Å². The smallest absolute Gasteiger partial charge is 0.294 e. The molecule has 0 saturated carbocycles. The van der Waals surface area contributed by atoms with Gasteiger partial charge in [0.05, 0.1) is 0 Å². The fourth-order valence-corrected chi connectivity index (χ4v) is 7.38. The van der Waals surface area contributed by atoms with Crippen LogP contribution in [0.4, 0.5) is 11.4 Å². The number of aliphatic hydroxyl groups excluding tert-OH is 2. The highest BCUT2D eigenvalue weighted by Crippen LogP contribution is 2.26. The molecule has 1 aliphatic rings. The first-order chi connectivity index (χ1) is 30.2. The molecule has 0 radical (unpaired) electrons. The lowest BCUT2D eigenvalue weighted by atomic mass is 10.1. The molecule has 1 saturated heterocycles. The highest BCUT2D eigenvalue weighted by molar-refractivity contribution is 6.42. The summed E-state index contributed by atoms with van der Waals surface area (Å²) < 4.78 is 0. The van der Waals surface area contributed by atoms with E-state index >= 15 is 0 Å². The van der Waals surface area contributed by atoms with E-state index in [0.29, 0.717) is 37.3 Å². The van der Waals surface area contributed by atoms with Crippen molar-refractivity contribution in [2.24, 2.45) is 0 Å². The van der Waals surface area contributed by atoms with Crippen molar-refractivity contribution in [1.29, 1.82) is 0 Å². The summed E-state index contributed by atoms with van der Waals surface area (Å²) in [6, 6.07) is 54.5. The second-order valence-corrected chi connectivity index (χ2v) is 15.1. The lowest BCUT2D eigenvalue weighted by Crippen LogP contribution is -2.53. The van der Waals surface area contributed by atoms with Gasteiger partial charge in [-0.25, -0.2) is 0 Å². The van der Waals surface area contributed by atoms with E-state index in [4.69, 9.17) is 0 Å². The summed E-state index contributed by atoms with van der Waals surface area (Å²) >= 11 is 0. The number of aliphatic hydroxyl groups is 2. The number of carbonyl (C=O) groups is 4. The van der Waals surface area contributed by atoms with Crippen LogP contribution in [0.2, 0.25) is 0 Å². The van der Waals surface area contributed by atoms with E-state index in [2.05, 4.69) is 58.3 Å². The van der Waals surface area contributed by atoms with Crippen molar-refractivity contribution in [2.75, 3.05) is 36.0 Å². The zero-order valence-corrected chi connectivity index (χ0v) is 34.3. The van der Waals surface area contributed by atoms with Gasteiger partial charge in [-0.05, 0) is 46.5 Å². The van der Waals surface area contributed by atoms with Crippen LogP contribution in [0.1, 0.15) is 33.4 Å². The summed E-state index contributed by atoms with van der Waals surface area (Å²) in [7, 11) is 0. The molecule has 0 bridgehead atoms. The Kier molecular flexibility index (Phi) is 14.0. The Morgan fingerprint density at radius 2 is 0.710 bits per heavy atom. The van der Waals surface area contributed by atoms with E-state index in [1.54, 1.807) is 36.4 Å². The number of hydrogen-bond donors (Lipinski definition) is 2. The van der Waals surface area contributed by atoms with Crippen molar-refractivity contribution in [1.82, 2.24) is 9.80 Å². The van der Waals surface area contributed by atoms with Gasteiger partial charge in [0.15, 0.2) is 0 Å². The molecule has 6 aromatic carbocycles. The molecule has 6 aromatic rings. The monoisotopic (exact) mass is 824 g/mol. The topological polar surface area (TPSA) is 122 Å². The highest BCUT2D eigenvalue weighted by atomic mass is 16.3. The largest absolute Gasteiger partial charge is 0.507 e. The quantitative estimate of drug-likeness (QED) is 0.0567. The summed E-state index contributed by atoms with van der Waals surface area (Å²) in [5, 5.41) is 22.1. The molecule has 10 nitrogen and oxygen atoms in total. The van der Waals surface area contributed by atoms with Crippen LogP contribution >= 0.6 is 0 Å². The van der Waals surface area contributed by atoms with Crippen LogP contribution in [0.25, 0.3) is 11.5 Å². The molecule has 0 unspecified atom stereocenters. The molecule has 10 heteroatoms. The van der Waals surface area contributed by atoms with Crippen LogP contribution in [0.15, 0.2) is 182 Å². The number of carbonyl (C=O) groups excluding carboxylic acids is 4. The second-order valence-electron chi connectivity index (χ2n) is 15.1. The number of benzene rings is 6. The average molecular weight is 825 g/mol. The highest BCUT2D eigenvalue weighted by Gasteiger charge is 2.30. The summed E-state index contributed by atoms with van der Waals surface area (Å²) in [5.41, 5.74) is 6.84. The normalized spacial score (nSPS) is 13.0. The number of nitrogens with zero attached hydrogens (tertiary/aromatic N) is 4. The standard InChI is InChI=1S/C52H48N4O6/c57-47(43-23-13-25-45(31-43)55(35-39-15-5-1-6-16-39)36-40-17-7-2-8-18-40)33-49(59)51(61)53-27-29-54(30-28-53)52(62)50(60)34-48(58)44-24-14-26-46(32-44)56(37-41-19-9-3-10-20-41)38-42-21-11-4-12-22-42/h1-26,31-34,57-58H,27-30,35-38H2. The minimum atomic E-state index is -0.907. The Balaban J connectivity index is 0.961. The number of ketones is 2. The van der Waals surface area contributed by atoms with Crippen molar-refractivity contribution in [3.05, 3.63) is 215 Å². The van der Waals surface area contributed by atoms with Crippen LogP contribution in [0.5, 0.6) is 0 Å². The first kappa shape index (κ1) is 42.4. The molecule has 0 spiro atoms. The van der Waals surface area contributed by atoms with Crippen LogP contribution in [0.3, 0.4) is 0 Å². The van der Waals surface area contributed by atoms with Gasteiger partial charge in [0.2, 0.25) is 11.6 Å². The third kappa shape index (κ3) is 11.3. The Morgan fingerprint density at radius 1 is 0.419 bits per heavy atom. The van der Waals surface area contributed by atoms with Gasteiger partial charge < -0.3 is 29.8 Å².